The molecule has 1 aliphatic carbocycles. The number of hydrogen-bond donors (Lipinski definition) is 1. The van der Waals surface area contributed by atoms with Gasteiger partial charge in [-0.1, -0.05) is 43.7 Å². The van der Waals surface area contributed by atoms with Crippen LogP contribution in [0, 0.1) is 18.3 Å². The maximum Gasteiger partial charge on any atom is -0.00375 e. The molecule has 1 heteroatoms. The second kappa shape index (κ2) is 3.09. The highest BCUT2D eigenvalue weighted by molar-refractivity contribution is 5.33. The Bertz CT molecular complexity index is 324. The summed E-state index contributed by atoms with van der Waals surface area (Å²) in [5.41, 5.74) is 8.96. The van der Waals surface area contributed by atoms with Crippen LogP contribution in [0.2, 0.25) is 0 Å². The summed E-state index contributed by atoms with van der Waals surface area (Å²) in [6, 6.07) is 8.88. The van der Waals surface area contributed by atoms with Crippen LogP contribution in [0.5, 0.6) is 0 Å². The van der Waals surface area contributed by atoms with E-state index < -0.39 is 0 Å². The average molecular weight is 189 g/mol. The van der Waals surface area contributed by atoms with Crippen molar-refractivity contribution >= 4 is 0 Å². The normalized spacial score (nSPS) is 28.9. The largest absolute Gasteiger partial charge is 0.330 e. The van der Waals surface area contributed by atoms with Gasteiger partial charge in [-0.2, -0.15) is 0 Å². The predicted octanol–water partition coefficient (Wildman–Crippen LogP) is 2.69. The number of nitrogens with two attached hydrogens (primary N) is 1. The summed E-state index contributed by atoms with van der Waals surface area (Å²) in [6.45, 7) is 7.57. The molecule has 1 aromatic rings. The monoisotopic (exact) mass is 189 g/mol. The van der Waals surface area contributed by atoms with Crippen LogP contribution in [0.4, 0.5) is 0 Å². The fraction of sp³-hybridized carbons (Fsp3) is 0.538. The Hall–Kier alpha value is -0.820. The number of hydrogen-bond acceptors (Lipinski definition) is 1. The van der Waals surface area contributed by atoms with E-state index in [1.54, 1.807) is 0 Å². The smallest absolute Gasteiger partial charge is 0.00375 e. The molecule has 1 saturated carbocycles. The molecule has 2 unspecified atom stereocenters. The fourth-order valence-electron chi connectivity index (χ4n) is 2.62. The molecular formula is C13H19N. The Balaban J connectivity index is 2.22. The molecule has 0 amide bonds. The van der Waals surface area contributed by atoms with Crippen molar-refractivity contribution in [1.29, 1.82) is 0 Å². The van der Waals surface area contributed by atoms with Crippen LogP contribution in [0.15, 0.2) is 24.3 Å². The van der Waals surface area contributed by atoms with Crippen molar-refractivity contribution in [2.45, 2.75) is 26.7 Å². The van der Waals surface area contributed by atoms with Gasteiger partial charge in [0.05, 0.1) is 0 Å². The SMILES string of the molecule is Cc1ccc(C2C(CN)C2(C)C)cc1. The molecule has 1 aliphatic rings. The Labute approximate surface area is 86.3 Å². The summed E-state index contributed by atoms with van der Waals surface area (Å²) < 4.78 is 0. The van der Waals surface area contributed by atoms with Gasteiger partial charge in [-0.15, -0.1) is 0 Å². The van der Waals surface area contributed by atoms with Crippen molar-refractivity contribution in [3.05, 3.63) is 35.4 Å². The highest BCUT2D eigenvalue weighted by Gasteiger charge is 2.56. The summed E-state index contributed by atoms with van der Waals surface area (Å²) in [6.07, 6.45) is 0. The van der Waals surface area contributed by atoms with Crippen LogP contribution in [-0.4, -0.2) is 6.54 Å². The lowest BCUT2D eigenvalue weighted by Crippen LogP contribution is -2.05. The molecule has 0 saturated heterocycles. The number of rotatable bonds is 2. The van der Waals surface area contributed by atoms with E-state index >= 15 is 0 Å². The molecule has 0 heterocycles. The van der Waals surface area contributed by atoms with E-state index in [9.17, 15) is 0 Å². The Morgan fingerprint density at radius 3 is 2.21 bits per heavy atom. The molecule has 0 aliphatic heterocycles. The van der Waals surface area contributed by atoms with E-state index in [4.69, 9.17) is 5.73 Å². The van der Waals surface area contributed by atoms with Crippen molar-refractivity contribution in [1.82, 2.24) is 0 Å². The first kappa shape index (κ1) is 9.72. The third-order valence-electron chi connectivity index (χ3n) is 3.74. The van der Waals surface area contributed by atoms with Gasteiger partial charge in [-0.3, -0.25) is 0 Å². The minimum absolute atomic E-state index is 0.407. The lowest BCUT2D eigenvalue weighted by molar-refractivity contribution is 0.558. The highest BCUT2D eigenvalue weighted by Crippen LogP contribution is 2.63. The van der Waals surface area contributed by atoms with Gasteiger partial charge >= 0.3 is 0 Å². The molecule has 0 spiro atoms. The highest BCUT2D eigenvalue weighted by atomic mass is 14.7. The standard InChI is InChI=1S/C13H19N/c1-9-4-6-10(7-5-9)12-11(8-14)13(12,2)3/h4-7,11-12H,8,14H2,1-3H3. The maximum absolute atomic E-state index is 5.77. The summed E-state index contributed by atoms with van der Waals surface area (Å²) >= 11 is 0. The lowest BCUT2D eigenvalue weighted by atomic mass is 10.0. The average Bonchev–Trinajstić information content (AvgIpc) is 2.69. The zero-order chi connectivity index (χ0) is 10.3. The second-order valence-corrected chi connectivity index (χ2v) is 5.05. The van der Waals surface area contributed by atoms with Crippen LogP contribution in [0.1, 0.15) is 30.9 Å². The van der Waals surface area contributed by atoms with Crippen molar-refractivity contribution in [2.75, 3.05) is 6.54 Å². The number of aryl methyl sites for hydroxylation is 1. The lowest BCUT2D eigenvalue weighted by Gasteiger charge is -2.03. The van der Waals surface area contributed by atoms with Gasteiger partial charge in [-0.25, -0.2) is 0 Å². The Morgan fingerprint density at radius 1 is 1.21 bits per heavy atom. The van der Waals surface area contributed by atoms with E-state index in [1.165, 1.54) is 11.1 Å². The fourth-order valence-corrected chi connectivity index (χ4v) is 2.62. The quantitative estimate of drug-likeness (QED) is 0.760. The number of benzene rings is 1. The third-order valence-corrected chi connectivity index (χ3v) is 3.74. The first-order chi connectivity index (χ1) is 6.57. The second-order valence-electron chi connectivity index (χ2n) is 5.05. The summed E-state index contributed by atoms with van der Waals surface area (Å²) in [4.78, 5) is 0. The first-order valence-electron chi connectivity index (χ1n) is 5.34. The third kappa shape index (κ3) is 1.36. The molecule has 1 nitrogen and oxygen atoms in total. The molecule has 0 bridgehead atoms. The molecule has 2 atom stereocenters. The Morgan fingerprint density at radius 2 is 1.79 bits per heavy atom. The van der Waals surface area contributed by atoms with Gasteiger partial charge in [0.1, 0.15) is 0 Å². The van der Waals surface area contributed by atoms with Crippen LogP contribution in [0.25, 0.3) is 0 Å². The van der Waals surface area contributed by atoms with E-state index in [1.807, 2.05) is 0 Å². The van der Waals surface area contributed by atoms with Gasteiger partial charge in [0, 0.05) is 0 Å². The van der Waals surface area contributed by atoms with E-state index in [0.29, 0.717) is 17.3 Å². The van der Waals surface area contributed by atoms with Crippen molar-refractivity contribution in [3.63, 3.8) is 0 Å². The topological polar surface area (TPSA) is 26.0 Å². The molecule has 1 fully saturated rings. The van der Waals surface area contributed by atoms with Gasteiger partial charge in [0.15, 0.2) is 0 Å². The van der Waals surface area contributed by atoms with Crippen LogP contribution < -0.4 is 5.73 Å². The molecule has 0 radical (unpaired) electrons. The Kier molecular flexibility index (Phi) is 2.15. The molecular weight excluding hydrogens is 170 g/mol. The molecule has 0 aromatic heterocycles. The van der Waals surface area contributed by atoms with Crippen molar-refractivity contribution in [2.24, 2.45) is 17.1 Å². The van der Waals surface area contributed by atoms with Crippen LogP contribution in [0.3, 0.4) is 0 Å². The molecule has 1 aromatic carbocycles. The molecule has 14 heavy (non-hydrogen) atoms. The summed E-state index contributed by atoms with van der Waals surface area (Å²) in [5, 5.41) is 0. The zero-order valence-electron chi connectivity index (χ0n) is 9.25. The zero-order valence-corrected chi connectivity index (χ0v) is 9.25. The van der Waals surface area contributed by atoms with E-state index in [2.05, 4.69) is 45.0 Å². The van der Waals surface area contributed by atoms with Gasteiger partial charge in [0.25, 0.3) is 0 Å². The minimum Gasteiger partial charge on any atom is -0.330 e. The maximum atomic E-state index is 5.77. The van der Waals surface area contributed by atoms with Gasteiger partial charge < -0.3 is 5.73 Å². The first-order valence-corrected chi connectivity index (χ1v) is 5.34. The van der Waals surface area contributed by atoms with E-state index in [-0.39, 0.29) is 0 Å². The molecule has 76 valence electrons. The van der Waals surface area contributed by atoms with Gasteiger partial charge in [-0.05, 0) is 36.3 Å². The summed E-state index contributed by atoms with van der Waals surface area (Å²) in [5.74, 6) is 1.35. The molecule has 2 N–H and O–H groups in total. The summed E-state index contributed by atoms with van der Waals surface area (Å²) in [7, 11) is 0. The van der Waals surface area contributed by atoms with Gasteiger partial charge in [0.2, 0.25) is 0 Å². The van der Waals surface area contributed by atoms with Crippen molar-refractivity contribution in [3.8, 4) is 0 Å². The predicted molar refractivity (Wildman–Crippen MR) is 60.2 cm³/mol. The molecule has 2 rings (SSSR count). The van der Waals surface area contributed by atoms with Crippen LogP contribution in [-0.2, 0) is 0 Å². The van der Waals surface area contributed by atoms with Crippen LogP contribution >= 0.6 is 0 Å². The van der Waals surface area contributed by atoms with E-state index in [0.717, 1.165) is 6.54 Å². The minimum atomic E-state index is 0.407. The van der Waals surface area contributed by atoms with Crippen molar-refractivity contribution < 1.29 is 0 Å².